The summed E-state index contributed by atoms with van der Waals surface area (Å²) in [5.41, 5.74) is -0.0741. The van der Waals surface area contributed by atoms with E-state index in [9.17, 15) is 14.9 Å². The number of carbonyl (C=O) groups excluding carboxylic acids is 1. The maximum Gasteiger partial charge on any atom is 0.514 e. The molecule has 0 bridgehead atoms. The number of hydrogen-bond donors (Lipinski definition) is 0. The third-order valence-electron chi connectivity index (χ3n) is 2.52. The molecule has 0 radical (unpaired) electrons. The van der Waals surface area contributed by atoms with Gasteiger partial charge in [0, 0.05) is 18.6 Å². The van der Waals surface area contributed by atoms with Crippen LogP contribution < -0.4 is 4.74 Å². The highest BCUT2D eigenvalue weighted by Gasteiger charge is 2.13. The smallest absolute Gasteiger partial charge is 0.431 e. The Labute approximate surface area is 123 Å². The Balaban J connectivity index is 2.37. The van der Waals surface area contributed by atoms with Gasteiger partial charge in [0.15, 0.2) is 0 Å². The summed E-state index contributed by atoms with van der Waals surface area (Å²) in [6.45, 7) is 6.08. The van der Waals surface area contributed by atoms with Crippen LogP contribution >= 0.6 is 0 Å². The van der Waals surface area contributed by atoms with Gasteiger partial charge in [-0.1, -0.05) is 0 Å². The largest absolute Gasteiger partial charge is 0.514 e. The van der Waals surface area contributed by atoms with Crippen molar-refractivity contribution in [1.29, 1.82) is 0 Å². The van der Waals surface area contributed by atoms with E-state index in [1.54, 1.807) is 6.92 Å². The number of hydrogen-bond acceptors (Lipinski definition) is 6. The van der Waals surface area contributed by atoms with Gasteiger partial charge in [0.1, 0.15) is 11.9 Å². The second kappa shape index (κ2) is 8.21. The van der Waals surface area contributed by atoms with Crippen LogP contribution in [0.25, 0.3) is 0 Å². The molecule has 0 amide bonds. The Morgan fingerprint density at radius 2 is 1.86 bits per heavy atom. The van der Waals surface area contributed by atoms with Crippen molar-refractivity contribution in [3.05, 3.63) is 34.4 Å². The predicted octanol–water partition coefficient (Wildman–Crippen LogP) is 3.31. The standard InChI is InChI=1S/C14H19NO6/c1-10(2)19-9-8-11(3)20-14(16)21-13-6-4-12(5-7-13)15(17)18/h4-7,10-11H,8-9H2,1-3H3. The van der Waals surface area contributed by atoms with Crippen LogP contribution in [0.4, 0.5) is 10.5 Å². The van der Waals surface area contributed by atoms with Gasteiger partial charge >= 0.3 is 6.16 Å². The first kappa shape index (κ1) is 16.9. The van der Waals surface area contributed by atoms with E-state index >= 15 is 0 Å². The number of nitro groups is 1. The molecule has 0 saturated heterocycles. The summed E-state index contributed by atoms with van der Waals surface area (Å²) in [5.74, 6) is 0.191. The summed E-state index contributed by atoms with van der Waals surface area (Å²) in [7, 11) is 0. The van der Waals surface area contributed by atoms with Crippen molar-refractivity contribution in [2.45, 2.75) is 39.4 Å². The van der Waals surface area contributed by atoms with Gasteiger partial charge in [0.05, 0.1) is 17.6 Å². The summed E-state index contributed by atoms with van der Waals surface area (Å²) in [5, 5.41) is 10.5. The van der Waals surface area contributed by atoms with Gasteiger partial charge in [-0.05, 0) is 32.9 Å². The monoisotopic (exact) mass is 297 g/mol. The van der Waals surface area contributed by atoms with Crippen molar-refractivity contribution < 1.29 is 23.9 Å². The molecule has 7 nitrogen and oxygen atoms in total. The van der Waals surface area contributed by atoms with E-state index in [1.165, 1.54) is 24.3 Å². The lowest BCUT2D eigenvalue weighted by Crippen LogP contribution is -2.20. The molecule has 21 heavy (non-hydrogen) atoms. The summed E-state index contributed by atoms with van der Waals surface area (Å²) < 4.78 is 15.3. The normalized spacial score (nSPS) is 12.0. The second-order valence-electron chi connectivity index (χ2n) is 4.74. The lowest BCUT2D eigenvalue weighted by molar-refractivity contribution is -0.384. The van der Waals surface area contributed by atoms with Gasteiger partial charge in [0.25, 0.3) is 5.69 Å². The zero-order valence-electron chi connectivity index (χ0n) is 12.3. The average molecular weight is 297 g/mol. The van der Waals surface area contributed by atoms with E-state index in [4.69, 9.17) is 14.2 Å². The molecule has 7 heteroatoms. The highest BCUT2D eigenvalue weighted by Crippen LogP contribution is 2.18. The van der Waals surface area contributed by atoms with Crippen LogP contribution in [0.5, 0.6) is 5.75 Å². The third kappa shape index (κ3) is 6.71. The van der Waals surface area contributed by atoms with Gasteiger partial charge in [-0.2, -0.15) is 0 Å². The number of non-ortho nitro benzene ring substituents is 1. The molecule has 1 atom stereocenters. The van der Waals surface area contributed by atoms with Crippen LogP contribution in [0.3, 0.4) is 0 Å². The molecule has 0 spiro atoms. The maximum absolute atomic E-state index is 11.5. The molecule has 116 valence electrons. The van der Waals surface area contributed by atoms with Crippen LogP contribution in [0.1, 0.15) is 27.2 Å². The van der Waals surface area contributed by atoms with Crippen LogP contribution in [-0.2, 0) is 9.47 Å². The van der Waals surface area contributed by atoms with Gasteiger partial charge in [0.2, 0.25) is 0 Å². The Hall–Kier alpha value is -2.15. The van der Waals surface area contributed by atoms with E-state index in [0.29, 0.717) is 13.0 Å². The number of carbonyl (C=O) groups is 1. The third-order valence-corrected chi connectivity index (χ3v) is 2.52. The average Bonchev–Trinajstić information content (AvgIpc) is 2.38. The predicted molar refractivity (Wildman–Crippen MR) is 75.4 cm³/mol. The molecular weight excluding hydrogens is 278 g/mol. The molecule has 0 aromatic heterocycles. The van der Waals surface area contributed by atoms with Gasteiger partial charge in [-0.3, -0.25) is 10.1 Å². The van der Waals surface area contributed by atoms with E-state index in [-0.39, 0.29) is 23.6 Å². The van der Waals surface area contributed by atoms with Crippen molar-refractivity contribution in [3.8, 4) is 5.75 Å². The summed E-state index contributed by atoms with van der Waals surface area (Å²) in [4.78, 5) is 21.5. The minimum atomic E-state index is -0.846. The van der Waals surface area contributed by atoms with Crippen molar-refractivity contribution in [3.63, 3.8) is 0 Å². The van der Waals surface area contributed by atoms with Crippen LogP contribution in [0.15, 0.2) is 24.3 Å². The minimum absolute atomic E-state index is 0.0741. The van der Waals surface area contributed by atoms with E-state index in [0.717, 1.165) is 0 Å². The topological polar surface area (TPSA) is 87.9 Å². The first-order valence-electron chi connectivity index (χ1n) is 6.63. The quantitative estimate of drug-likeness (QED) is 0.332. The van der Waals surface area contributed by atoms with Crippen molar-refractivity contribution >= 4 is 11.8 Å². The molecule has 0 aliphatic carbocycles. The molecule has 0 aliphatic heterocycles. The number of nitrogens with zero attached hydrogens (tertiary/aromatic N) is 1. The van der Waals surface area contributed by atoms with Gasteiger partial charge in [-0.25, -0.2) is 4.79 Å². The molecule has 1 unspecified atom stereocenters. The molecule has 0 fully saturated rings. The van der Waals surface area contributed by atoms with E-state index < -0.39 is 11.1 Å². The minimum Gasteiger partial charge on any atom is -0.431 e. The number of benzene rings is 1. The Kier molecular flexibility index (Phi) is 6.61. The SMILES string of the molecule is CC(C)OCCC(C)OC(=O)Oc1ccc([N+](=O)[O-])cc1. The van der Waals surface area contributed by atoms with Gasteiger partial charge in [-0.15, -0.1) is 0 Å². The van der Waals surface area contributed by atoms with E-state index in [1.807, 2.05) is 13.8 Å². The first-order chi connectivity index (χ1) is 9.88. The lowest BCUT2D eigenvalue weighted by atomic mass is 10.3. The zero-order chi connectivity index (χ0) is 15.8. The molecule has 1 rings (SSSR count). The van der Waals surface area contributed by atoms with Crippen molar-refractivity contribution in [2.75, 3.05) is 6.61 Å². The van der Waals surface area contributed by atoms with Crippen LogP contribution in [0, 0.1) is 10.1 Å². The highest BCUT2D eigenvalue weighted by molar-refractivity contribution is 5.64. The lowest BCUT2D eigenvalue weighted by Gasteiger charge is -2.14. The Morgan fingerprint density at radius 3 is 2.38 bits per heavy atom. The van der Waals surface area contributed by atoms with Crippen LogP contribution in [0.2, 0.25) is 0 Å². The zero-order valence-corrected chi connectivity index (χ0v) is 12.3. The fraction of sp³-hybridized carbons (Fsp3) is 0.500. The molecule has 0 N–H and O–H groups in total. The number of nitro benzene ring substituents is 1. The first-order valence-corrected chi connectivity index (χ1v) is 6.63. The summed E-state index contributed by atoms with van der Waals surface area (Å²) in [6.07, 6.45) is -0.493. The molecule has 0 saturated carbocycles. The molecule has 1 aromatic carbocycles. The number of ether oxygens (including phenoxy) is 3. The van der Waals surface area contributed by atoms with Crippen molar-refractivity contribution in [1.82, 2.24) is 0 Å². The molecule has 0 heterocycles. The molecular formula is C14H19NO6. The van der Waals surface area contributed by atoms with Gasteiger partial charge < -0.3 is 14.2 Å². The van der Waals surface area contributed by atoms with Crippen molar-refractivity contribution in [2.24, 2.45) is 0 Å². The Morgan fingerprint density at radius 1 is 1.24 bits per heavy atom. The van der Waals surface area contributed by atoms with Crippen LogP contribution in [-0.4, -0.2) is 29.9 Å². The Bertz CT molecular complexity index is 471. The fourth-order valence-electron chi connectivity index (χ4n) is 1.45. The molecule has 1 aromatic rings. The molecule has 0 aliphatic rings. The van der Waals surface area contributed by atoms with E-state index in [2.05, 4.69) is 0 Å². The maximum atomic E-state index is 11.5. The fourth-order valence-corrected chi connectivity index (χ4v) is 1.45. The highest BCUT2D eigenvalue weighted by atomic mass is 16.7. The number of rotatable bonds is 7. The second-order valence-corrected chi connectivity index (χ2v) is 4.74. The summed E-state index contributed by atoms with van der Waals surface area (Å²) in [6, 6.07) is 5.18. The summed E-state index contributed by atoms with van der Waals surface area (Å²) >= 11 is 0.